The van der Waals surface area contributed by atoms with E-state index in [4.69, 9.17) is 0 Å². The Morgan fingerprint density at radius 3 is 2.50 bits per heavy atom. The van der Waals surface area contributed by atoms with Crippen LogP contribution in [0.5, 0.6) is 0 Å². The third-order valence-electron chi connectivity index (χ3n) is 3.88. The van der Waals surface area contributed by atoms with Gasteiger partial charge >= 0.3 is 0 Å². The van der Waals surface area contributed by atoms with Crippen LogP contribution in [0.2, 0.25) is 0 Å². The summed E-state index contributed by atoms with van der Waals surface area (Å²) < 4.78 is 15.3. The van der Waals surface area contributed by atoms with Crippen molar-refractivity contribution in [2.75, 3.05) is 0 Å². The van der Waals surface area contributed by atoms with Crippen LogP contribution >= 0.6 is 0 Å². The van der Waals surface area contributed by atoms with E-state index in [2.05, 4.69) is 35.5 Å². The summed E-state index contributed by atoms with van der Waals surface area (Å²) in [5, 5.41) is 0. The van der Waals surface area contributed by atoms with Crippen LogP contribution in [0.4, 0.5) is 4.39 Å². The molecule has 20 heavy (non-hydrogen) atoms. The summed E-state index contributed by atoms with van der Waals surface area (Å²) in [5.41, 5.74) is 6.72. The lowest BCUT2D eigenvalue weighted by Gasteiger charge is -2.09. The molecule has 0 spiro atoms. The molecule has 102 valence electrons. The number of fused-ring (bicyclic) bond motifs is 1. The first-order valence-electron chi connectivity index (χ1n) is 6.72. The number of hydrogen-bond donors (Lipinski definition) is 0. The minimum absolute atomic E-state index is 0.187. The quantitative estimate of drug-likeness (QED) is 0.682. The highest BCUT2D eigenvalue weighted by molar-refractivity contribution is 5.77. The van der Waals surface area contributed by atoms with Crippen molar-refractivity contribution in [3.05, 3.63) is 64.7 Å². The van der Waals surface area contributed by atoms with Gasteiger partial charge < -0.3 is 4.57 Å². The van der Waals surface area contributed by atoms with Gasteiger partial charge in [0.25, 0.3) is 0 Å². The number of aryl methyl sites for hydroxylation is 3. The number of imidazole rings is 1. The van der Waals surface area contributed by atoms with Crippen molar-refractivity contribution in [2.24, 2.45) is 0 Å². The van der Waals surface area contributed by atoms with Crippen LogP contribution in [0.15, 0.2) is 36.7 Å². The molecule has 0 radical (unpaired) electrons. The molecule has 3 heteroatoms. The highest BCUT2D eigenvalue weighted by atomic mass is 19.1. The van der Waals surface area contributed by atoms with E-state index in [1.807, 2.05) is 19.3 Å². The molecule has 0 amide bonds. The first-order chi connectivity index (χ1) is 9.54. The standard InChI is InChI=1S/C17H17FN2/c1-11-7-16-17(8-12(11)2)20(10-19-16)9-14-4-5-15(18)6-13(14)3/h4-8,10H,9H2,1-3H3. The van der Waals surface area contributed by atoms with Crippen LogP contribution in [-0.2, 0) is 6.54 Å². The zero-order chi connectivity index (χ0) is 14.3. The lowest BCUT2D eigenvalue weighted by Crippen LogP contribution is -2.00. The molecular weight excluding hydrogens is 251 g/mol. The molecule has 0 unspecified atom stereocenters. The van der Waals surface area contributed by atoms with Crippen molar-refractivity contribution in [3.8, 4) is 0 Å². The van der Waals surface area contributed by atoms with Gasteiger partial charge in [-0.3, -0.25) is 0 Å². The second-order valence-corrected chi connectivity index (χ2v) is 5.37. The molecule has 0 N–H and O–H groups in total. The van der Waals surface area contributed by atoms with Gasteiger partial charge in [0.05, 0.1) is 17.4 Å². The molecular formula is C17H17FN2. The van der Waals surface area contributed by atoms with E-state index in [1.54, 1.807) is 6.07 Å². The molecule has 0 saturated heterocycles. The van der Waals surface area contributed by atoms with Crippen LogP contribution in [0.3, 0.4) is 0 Å². The van der Waals surface area contributed by atoms with Crippen LogP contribution in [0, 0.1) is 26.6 Å². The predicted octanol–water partition coefficient (Wildman–Crippen LogP) is 4.15. The van der Waals surface area contributed by atoms with Gasteiger partial charge in [0.2, 0.25) is 0 Å². The minimum atomic E-state index is -0.187. The van der Waals surface area contributed by atoms with E-state index in [0.29, 0.717) is 6.54 Å². The molecule has 3 rings (SSSR count). The fraction of sp³-hybridized carbons (Fsp3) is 0.235. The van der Waals surface area contributed by atoms with Gasteiger partial charge in [-0.15, -0.1) is 0 Å². The molecule has 3 aromatic rings. The van der Waals surface area contributed by atoms with Crippen LogP contribution in [0.1, 0.15) is 22.3 Å². The maximum atomic E-state index is 13.2. The summed E-state index contributed by atoms with van der Waals surface area (Å²) >= 11 is 0. The Morgan fingerprint density at radius 1 is 1.00 bits per heavy atom. The average molecular weight is 268 g/mol. The van der Waals surface area contributed by atoms with Crippen molar-refractivity contribution in [1.82, 2.24) is 9.55 Å². The van der Waals surface area contributed by atoms with Crippen LogP contribution in [-0.4, -0.2) is 9.55 Å². The Hall–Kier alpha value is -2.16. The SMILES string of the molecule is Cc1cc2ncn(Cc3ccc(F)cc3C)c2cc1C. The molecule has 0 aliphatic rings. The summed E-state index contributed by atoms with van der Waals surface area (Å²) in [6, 6.07) is 9.20. The molecule has 2 nitrogen and oxygen atoms in total. The molecule has 0 aliphatic heterocycles. The maximum Gasteiger partial charge on any atom is 0.123 e. The van der Waals surface area contributed by atoms with E-state index in [9.17, 15) is 4.39 Å². The Kier molecular flexibility index (Phi) is 3.05. The molecule has 1 aromatic heterocycles. The van der Waals surface area contributed by atoms with Crippen LogP contribution < -0.4 is 0 Å². The molecule has 0 aliphatic carbocycles. The second kappa shape index (κ2) is 4.75. The first-order valence-corrected chi connectivity index (χ1v) is 6.72. The molecule has 0 atom stereocenters. The topological polar surface area (TPSA) is 17.8 Å². The summed E-state index contributed by atoms with van der Waals surface area (Å²) in [5.74, 6) is -0.187. The normalized spacial score (nSPS) is 11.2. The fourth-order valence-electron chi connectivity index (χ4n) is 2.46. The fourth-order valence-corrected chi connectivity index (χ4v) is 2.46. The largest absolute Gasteiger partial charge is 0.326 e. The number of nitrogens with zero attached hydrogens (tertiary/aromatic N) is 2. The molecule has 2 aromatic carbocycles. The molecule has 1 heterocycles. The third kappa shape index (κ3) is 2.20. The zero-order valence-electron chi connectivity index (χ0n) is 11.9. The zero-order valence-corrected chi connectivity index (χ0v) is 11.9. The van der Waals surface area contributed by atoms with Gasteiger partial charge in [0.15, 0.2) is 0 Å². The van der Waals surface area contributed by atoms with Crippen molar-refractivity contribution in [2.45, 2.75) is 27.3 Å². The van der Waals surface area contributed by atoms with Gasteiger partial charge in [-0.1, -0.05) is 6.07 Å². The average Bonchev–Trinajstić information content (AvgIpc) is 2.76. The maximum absolute atomic E-state index is 13.2. The molecule has 0 saturated carbocycles. The second-order valence-electron chi connectivity index (χ2n) is 5.37. The smallest absolute Gasteiger partial charge is 0.123 e. The van der Waals surface area contributed by atoms with Gasteiger partial charge in [-0.25, -0.2) is 9.37 Å². The van der Waals surface area contributed by atoms with E-state index in [0.717, 1.165) is 22.2 Å². The lowest BCUT2D eigenvalue weighted by atomic mass is 10.1. The Balaban J connectivity index is 2.04. The highest BCUT2D eigenvalue weighted by Gasteiger charge is 2.07. The first kappa shape index (κ1) is 12.9. The van der Waals surface area contributed by atoms with Gasteiger partial charge in [-0.2, -0.15) is 0 Å². The number of rotatable bonds is 2. The summed E-state index contributed by atoms with van der Waals surface area (Å²) in [6.45, 7) is 6.85. The van der Waals surface area contributed by atoms with E-state index in [1.165, 1.54) is 17.2 Å². The highest BCUT2D eigenvalue weighted by Crippen LogP contribution is 2.20. The number of benzene rings is 2. The number of aromatic nitrogens is 2. The number of halogens is 1. The van der Waals surface area contributed by atoms with Gasteiger partial charge in [0, 0.05) is 6.54 Å². The third-order valence-corrected chi connectivity index (χ3v) is 3.88. The molecule has 0 fully saturated rings. The van der Waals surface area contributed by atoms with Crippen molar-refractivity contribution in [3.63, 3.8) is 0 Å². The van der Waals surface area contributed by atoms with E-state index in [-0.39, 0.29) is 5.82 Å². The monoisotopic (exact) mass is 268 g/mol. The predicted molar refractivity (Wildman–Crippen MR) is 79.4 cm³/mol. The van der Waals surface area contributed by atoms with Crippen molar-refractivity contribution in [1.29, 1.82) is 0 Å². The van der Waals surface area contributed by atoms with Crippen LogP contribution in [0.25, 0.3) is 11.0 Å². The summed E-state index contributed by atoms with van der Waals surface area (Å²) in [7, 11) is 0. The van der Waals surface area contributed by atoms with Crippen molar-refractivity contribution < 1.29 is 4.39 Å². The van der Waals surface area contributed by atoms with E-state index < -0.39 is 0 Å². The van der Waals surface area contributed by atoms with Gasteiger partial charge in [0.1, 0.15) is 5.82 Å². The number of hydrogen-bond acceptors (Lipinski definition) is 1. The lowest BCUT2D eigenvalue weighted by molar-refractivity contribution is 0.625. The Bertz CT molecular complexity index is 787. The summed E-state index contributed by atoms with van der Waals surface area (Å²) in [6.07, 6.45) is 1.85. The summed E-state index contributed by atoms with van der Waals surface area (Å²) in [4.78, 5) is 4.45. The minimum Gasteiger partial charge on any atom is -0.326 e. The van der Waals surface area contributed by atoms with E-state index >= 15 is 0 Å². The van der Waals surface area contributed by atoms with Gasteiger partial charge in [-0.05, 0) is 67.3 Å². The Labute approximate surface area is 117 Å². The Morgan fingerprint density at radius 2 is 1.75 bits per heavy atom. The van der Waals surface area contributed by atoms with Crippen molar-refractivity contribution >= 4 is 11.0 Å². The molecule has 0 bridgehead atoms.